The van der Waals surface area contributed by atoms with Gasteiger partial charge in [-0.05, 0) is 66.5 Å². The predicted octanol–water partition coefficient (Wildman–Crippen LogP) is 5.39. The van der Waals surface area contributed by atoms with Gasteiger partial charge in [0, 0.05) is 14.7 Å². The van der Waals surface area contributed by atoms with Gasteiger partial charge < -0.3 is 10.1 Å². The van der Waals surface area contributed by atoms with Crippen LogP contribution >= 0.6 is 27.3 Å². The van der Waals surface area contributed by atoms with Gasteiger partial charge in [-0.2, -0.15) is 0 Å². The maximum absolute atomic E-state index is 5.71. The Labute approximate surface area is 139 Å². The van der Waals surface area contributed by atoms with Gasteiger partial charge in [0.2, 0.25) is 0 Å². The molecule has 1 unspecified atom stereocenters. The summed E-state index contributed by atoms with van der Waals surface area (Å²) in [5, 5.41) is 5.76. The van der Waals surface area contributed by atoms with Gasteiger partial charge in [-0.1, -0.05) is 19.1 Å². The number of ether oxygens (including phenoxy) is 1. The zero-order chi connectivity index (χ0) is 15.2. The lowest BCUT2D eigenvalue weighted by Crippen LogP contribution is -2.22. The van der Waals surface area contributed by atoms with Crippen molar-refractivity contribution in [3.05, 3.63) is 50.6 Å². The molecular formula is C17H22BrNOS. The Balaban J connectivity index is 2.20. The highest BCUT2D eigenvalue weighted by molar-refractivity contribution is 9.10. The molecule has 0 amide bonds. The highest BCUT2D eigenvalue weighted by Gasteiger charge is 2.15. The molecule has 0 saturated heterocycles. The van der Waals surface area contributed by atoms with Crippen molar-refractivity contribution in [1.29, 1.82) is 0 Å². The molecule has 0 aliphatic heterocycles. The van der Waals surface area contributed by atoms with Crippen molar-refractivity contribution in [2.24, 2.45) is 0 Å². The summed E-state index contributed by atoms with van der Waals surface area (Å²) in [6.07, 6.45) is 1.33. The summed E-state index contributed by atoms with van der Waals surface area (Å²) in [6, 6.07) is 10.8. The first kappa shape index (κ1) is 16.5. The topological polar surface area (TPSA) is 21.3 Å². The molecule has 114 valence electrons. The third-order valence-electron chi connectivity index (χ3n) is 3.06. The number of halogens is 1. The van der Waals surface area contributed by atoms with Crippen LogP contribution < -0.4 is 10.1 Å². The van der Waals surface area contributed by atoms with Crippen LogP contribution in [0.5, 0.6) is 5.75 Å². The third kappa shape index (κ3) is 4.83. The first-order valence-corrected chi connectivity index (χ1v) is 9.01. The van der Waals surface area contributed by atoms with E-state index in [2.05, 4.69) is 63.9 Å². The SMILES string of the molecule is CCCNC(c1ccc(OC(C)C)cc1)c1cc(Br)cs1. The van der Waals surface area contributed by atoms with E-state index in [0.717, 1.165) is 23.2 Å². The zero-order valence-electron chi connectivity index (χ0n) is 12.7. The van der Waals surface area contributed by atoms with E-state index in [1.165, 1.54) is 10.4 Å². The van der Waals surface area contributed by atoms with Crippen LogP contribution in [-0.2, 0) is 0 Å². The molecule has 0 fully saturated rings. The number of hydrogen-bond donors (Lipinski definition) is 1. The van der Waals surface area contributed by atoms with Crippen LogP contribution in [0.25, 0.3) is 0 Å². The van der Waals surface area contributed by atoms with Crippen molar-refractivity contribution < 1.29 is 4.74 Å². The maximum Gasteiger partial charge on any atom is 0.119 e. The van der Waals surface area contributed by atoms with Gasteiger partial charge in [-0.3, -0.25) is 0 Å². The summed E-state index contributed by atoms with van der Waals surface area (Å²) in [4.78, 5) is 1.33. The number of hydrogen-bond acceptors (Lipinski definition) is 3. The minimum absolute atomic E-state index is 0.207. The number of rotatable bonds is 7. The monoisotopic (exact) mass is 367 g/mol. The van der Waals surface area contributed by atoms with Crippen molar-refractivity contribution in [2.45, 2.75) is 39.3 Å². The molecule has 1 aromatic carbocycles. The fourth-order valence-corrected chi connectivity index (χ4v) is 3.71. The van der Waals surface area contributed by atoms with Crippen LogP contribution in [0.3, 0.4) is 0 Å². The second-order valence-corrected chi connectivity index (χ2v) is 7.15. The van der Waals surface area contributed by atoms with Crippen molar-refractivity contribution in [1.82, 2.24) is 5.32 Å². The van der Waals surface area contributed by atoms with Gasteiger partial charge in [0.05, 0.1) is 12.1 Å². The molecule has 0 radical (unpaired) electrons. The number of benzene rings is 1. The molecule has 1 atom stereocenters. The van der Waals surface area contributed by atoms with Crippen LogP contribution in [-0.4, -0.2) is 12.6 Å². The molecular weight excluding hydrogens is 346 g/mol. The van der Waals surface area contributed by atoms with Crippen molar-refractivity contribution in [3.63, 3.8) is 0 Å². The van der Waals surface area contributed by atoms with E-state index in [1.54, 1.807) is 11.3 Å². The first-order valence-electron chi connectivity index (χ1n) is 7.34. The Hall–Kier alpha value is -0.840. The van der Waals surface area contributed by atoms with E-state index in [4.69, 9.17) is 4.74 Å². The highest BCUT2D eigenvalue weighted by Crippen LogP contribution is 2.31. The molecule has 0 spiro atoms. The van der Waals surface area contributed by atoms with Crippen LogP contribution in [0.15, 0.2) is 40.2 Å². The minimum atomic E-state index is 0.207. The Kier molecular flexibility index (Phi) is 6.27. The van der Waals surface area contributed by atoms with E-state index < -0.39 is 0 Å². The highest BCUT2D eigenvalue weighted by atomic mass is 79.9. The quantitative estimate of drug-likeness (QED) is 0.708. The smallest absolute Gasteiger partial charge is 0.119 e. The predicted molar refractivity (Wildman–Crippen MR) is 94.4 cm³/mol. The van der Waals surface area contributed by atoms with E-state index in [1.807, 2.05) is 13.8 Å². The molecule has 1 N–H and O–H groups in total. The number of thiophene rings is 1. The van der Waals surface area contributed by atoms with Gasteiger partial charge in [-0.15, -0.1) is 11.3 Å². The lowest BCUT2D eigenvalue weighted by atomic mass is 10.0. The molecule has 0 aliphatic rings. The van der Waals surface area contributed by atoms with E-state index in [0.29, 0.717) is 0 Å². The van der Waals surface area contributed by atoms with E-state index in [-0.39, 0.29) is 12.1 Å². The zero-order valence-corrected chi connectivity index (χ0v) is 15.1. The molecule has 1 heterocycles. The largest absolute Gasteiger partial charge is 0.491 e. The van der Waals surface area contributed by atoms with Crippen LogP contribution in [0.1, 0.15) is 43.7 Å². The van der Waals surface area contributed by atoms with Gasteiger partial charge in [0.1, 0.15) is 5.75 Å². The summed E-state index contributed by atoms with van der Waals surface area (Å²) in [5.41, 5.74) is 1.27. The summed E-state index contributed by atoms with van der Waals surface area (Å²) < 4.78 is 6.86. The van der Waals surface area contributed by atoms with Crippen LogP contribution in [0.4, 0.5) is 0 Å². The van der Waals surface area contributed by atoms with Crippen molar-refractivity contribution >= 4 is 27.3 Å². The second kappa shape index (κ2) is 7.97. The van der Waals surface area contributed by atoms with Gasteiger partial charge >= 0.3 is 0 Å². The van der Waals surface area contributed by atoms with Gasteiger partial charge in [0.15, 0.2) is 0 Å². The lowest BCUT2D eigenvalue weighted by Gasteiger charge is -2.18. The minimum Gasteiger partial charge on any atom is -0.491 e. The molecule has 2 nitrogen and oxygen atoms in total. The normalized spacial score (nSPS) is 12.6. The molecule has 2 aromatic rings. The first-order chi connectivity index (χ1) is 10.1. The molecule has 2 rings (SSSR count). The molecule has 21 heavy (non-hydrogen) atoms. The summed E-state index contributed by atoms with van der Waals surface area (Å²) in [5.74, 6) is 0.926. The van der Waals surface area contributed by atoms with E-state index in [9.17, 15) is 0 Å². The Bertz CT molecular complexity index is 550. The van der Waals surface area contributed by atoms with E-state index >= 15 is 0 Å². The third-order valence-corrected chi connectivity index (χ3v) is 4.81. The molecule has 0 aliphatic carbocycles. The average molecular weight is 368 g/mol. The number of nitrogens with one attached hydrogen (secondary N) is 1. The summed E-state index contributed by atoms with van der Waals surface area (Å²) in [6.45, 7) is 7.28. The summed E-state index contributed by atoms with van der Waals surface area (Å²) in [7, 11) is 0. The molecule has 4 heteroatoms. The van der Waals surface area contributed by atoms with Crippen molar-refractivity contribution in [3.8, 4) is 5.75 Å². The molecule has 1 aromatic heterocycles. The fraction of sp³-hybridized carbons (Fsp3) is 0.412. The summed E-state index contributed by atoms with van der Waals surface area (Å²) >= 11 is 5.32. The van der Waals surface area contributed by atoms with Crippen molar-refractivity contribution in [2.75, 3.05) is 6.54 Å². The Morgan fingerprint density at radius 3 is 2.48 bits per heavy atom. The molecule has 0 bridgehead atoms. The average Bonchev–Trinajstić information content (AvgIpc) is 2.87. The molecule has 0 saturated carbocycles. The standard InChI is InChI=1S/C17H22BrNOS/c1-4-9-19-17(16-10-14(18)11-21-16)13-5-7-15(8-6-13)20-12(2)3/h5-8,10-12,17,19H,4,9H2,1-3H3. The Morgan fingerprint density at radius 2 is 1.95 bits per heavy atom. The van der Waals surface area contributed by atoms with Gasteiger partial charge in [-0.25, -0.2) is 0 Å². The van der Waals surface area contributed by atoms with Gasteiger partial charge in [0.25, 0.3) is 0 Å². The fourth-order valence-electron chi connectivity index (χ4n) is 2.16. The maximum atomic E-state index is 5.71. The second-order valence-electron chi connectivity index (χ2n) is 5.29. The lowest BCUT2D eigenvalue weighted by molar-refractivity contribution is 0.242. The van der Waals surface area contributed by atoms with Crippen LogP contribution in [0, 0.1) is 0 Å². The Morgan fingerprint density at radius 1 is 1.24 bits per heavy atom. The van der Waals surface area contributed by atoms with Crippen LogP contribution in [0.2, 0.25) is 0 Å².